The average Bonchev–Trinajstić information content (AvgIpc) is 2.31. The van der Waals surface area contributed by atoms with E-state index in [0.717, 1.165) is 5.56 Å². The molecule has 0 aliphatic carbocycles. The molecule has 0 aliphatic heterocycles. The molecule has 100 valence electrons. The van der Waals surface area contributed by atoms with Crippen LogP contribution in [0.1, 0.15) is 16.7 Å². The van der Waals surface area contributed by atoms with Gasteiger partial charge in [-0.2, -0.15) is 8.78 Å². The summed E-state index contributed by atoms with van der Waals surface area (Å²) in [6.07, 6.45) is -0.135. The highest BCUT2D eigenvalue weighted by atomic mass is 35.5. The summed E-state index contributed by atoms with van der Waals surface area (Å²) in [7, 11) is 1.23. The van der Waals surface area contributed by atoms with Crippen molar-refractivity contribution in [2.45, 2.75) is 25.8 Å². The van der Waals surface area contributed by atoms with Crippen molar-refractivity contribution >= 4 is 17.6 Å². The van der Waals surface area contributed by atoms with Gasteiger partial charge in [-0.05, 0) is 6.92 Å². The van der Waals surface area contributed by atoms with E-state index in [9.17, 15) is 13.6 Å². The maximum absolute atomic E-state index is 12.4. The summed E-state index contributed by atoms with van der Waals surface area (Å²) in [6, 6.07) is 3.25. The monoisotopic (exact) mass is 278 g/mol. The molecule has 18 heavy (non-hydrogen) atoms. The molecular weight excluding hydrogens is 266 g/mol. The Bertz CT molecular complexity index is 436. The molecule has 0 N–H and O–H groups in total. The number of halogens is 3. The first kappa shape index (κ1) is 14.7. The van der Waals surface area contributed by atoms with Crippen LogP contribution in [0.2, 0.25) is 0 Å². The zero-order chi connectivity index (χ0) is 13.7. The zero-order valence-electron chi connectivity index (χ0n) is 10.0. The third-order valence-corrected chi connectivity index (χ3v) is 2.59. The second kappa shape index (κ2) is 6.54. The van der Waals surface area contributed by atoms with Crippen molar-refractivity contribution < 1.29 is 23.0 Å². The van der Waals surface area contributed by atoms with Crippen LogP contribution in [0.3, 0.4) is 0 Å². The van der Waals surface area contributed by atoms with Crippen molar-refractivity contribution in [1.29, 1.82) is 0 Å². The number of alkyl halides is 3. The minimum absolute atomic E-state index is 0.0257. The number of carbonyl (C=O) groups is 1. The summed E-state index contributed by atoms with van der Waals surface area (Å²) >= 11 is 5.69. The smallest absolute Gasteiger partial charge is 0.387 e. The molecule has 0 bridgehead atoms. The second-order valence-electron chi connectivity index (χ2n) is 3.68. The van der Waals surface area contributed by atoms with Gasteiger partial charge in [0.05, 0.1) is 19.4 Å². The van der Waals surface area contributed by atoms with Gasteiger partial charge in [-0.15, -0.1) is 11.6 Å². The fraction of sp³-hybridized carbons (Fsp3) is 0.417. The van der Waals surface area contributed by atoms with Gasteiger partial charge in [-0.1, -0.05) is 17.7 Å². The lowest BCUT2D eigenvalue weighted by atomic mass is 10.0. The van der Waals surface area contributed by atoms with Crippen molar-refractivity contribution in [3.63, 3.8) is 0 Å². The van der Waals surface area contributed by atoms with Crippen LogP contribution in [-0.4, -0.2) is 19.7 Å². The number of methoxy groups -OCH3 is 1. The Balaban J connectivity index is 3.18. The molecule has 0 aliphatic rings. The molecule has 0 fully saturated rings. The SMILES string of the molecule is COC(=O)Cc1cc(C)cc(CCl)c1OC(F)F. The zero-order valence-corrected chi connectivity index (χ0v) is 10.8. The molecule has 3 nitrogen and oxygen atoms in total. The van der Waals surface area contributed by atoms with E-state index in [-0.39, 0.29) is 18.1 Å². The molecule has 0 spiro atoms. The number of rotatable bonds is 5. The molecular formula is C12H13ClF2O3. The third kappa shape index (κ3) is 3.84. The predicted octanol–water partition coefficient (Wildman–Crippen LogP) is 3.05. The summed E-state index contributed by atoms with van der Waals surface area (Å²) in [5.41, 5.74) is 1.58. The second-order valence-corrected chi connectivity index (χ2v) is 3.94. The van der Waals surface area contributed by atoms with Gasteiger partial charge in [0.15, 0.2) is 0 Å². The minimum atomic E-state index is -2.97. The minimum Gasteiger partial charge on any atom is -0.469 e. The number of benzene rings is 1. The number of ether oxygens (including phenoxy) is 2. The van der Waals surface area contributed by atoms with Crippen LogP contribution in [-0.2, 0) is 21.8 Å². The highest BCUT2D eigenvalue weighted by molar-refractivity contribution is 6.17. The summed E-state index contributed by atoms with van der Waals surface area (Å²) in [6.45, 7) is -1.19. The molecule has 1 aromatic rings. The quantitative estimate of drug-likeness (QED) is 0.613. The number of carbonyl (C=O) groups excluding carboxylic acids is 1. The fourth-order valence-electron chi connectivity index (χ4n) is 1.63. The van der Waals surface area contributed by atoms with Crippen LogP contribution in [0, 0.1) is 6.92 Å². The van der Waals surface area contributed by atoms with Crippen molar-refractivity contribution in [3.05, 3.63) is 28.8 Å². The van der Waals surface area contributed by atoms with Crippen LogP contribution >= 0.6 is 11.6 Å². The molecule has 0 heterocycles. The van der Waals surface area contributed by atoms with E-state index in [2.05, 4.69) is 9.47 Å². The largest absolute Gasteiger partial charge is 0.469 e. The number of aryl methyl sites for hydroxylation is 1. The molecule has 0 amide bonds. The summed E-state index contributed by atoms with van der Waals surface area (Å²) < 4.78 is 33.7. The number of esters is 1. The van der Waals surface area contributed by atoms with Gasteiger partial charge in [0, 0.05) is 11.1 Å². The van der Waals surface area contributed by atoms with Crippen LogP contribution in [0.4, 0.5) is 8.78 Å². The first-order valence-corrected chi connectivity index (χ1v) is 5.71. The molecule has 0 aromatic heterocycles. The lowest BCUT2D eigenvalue weighted by Crippen LogP contribution is -2.11. The molecule has 0 saturated carbocycles. The lowest BCUT2D eigenvalue weighted by molar-refractivity contribution is -0.139. The van der Waals surface area contributed by atoms with E-state index in [1.165, 1.54) is 7.11 Å². The normalized spacial score (nSPS) is 10.6. The third-order valence-electron chi connectivity index (χ3n) is 2.30. The topological polar surface area (TPSA) is 35.5 Å². The van der Waals surface area contributed by atoms with Crippen LogP contribution in [0.25, 0.3) is 0 Å². The molecule has 6 heteroatoms. The first-order chi connectivity index (χ1) is 8.47. The van der Waals surface area contributed by atoms with Crippen LogP contribution in [0.15, 0.2) is 12.1 Å². The summed E-state index contributed by atoms with van der Waals surface area (Å²) in [5.74, 6) is -0.547. The van der Waals surface area contributed by atoms with Gasteiger partial charge in [0.2, 0.25) is 0 Å². The van der Waals surface area contributed by atoms with Crippen LogP contribution in [0.5, 0.6) is 5.75 Å². The van der Waals surface area contributed by atoms with Gasteiger partial charge in [0.25, 0.3) is 0 Å². The molecule has 0 saturated heterocycles. The molecule has 0 radical (unpaired) electrons. The van der Waals surface area contributed by atoms with Crippen molar-refractivity contribution in [3.8, 4) is 5.75 Å². The van der Waals surface area contributed by atoms with E-state index >= 15 is 0 Å². The Labute approximate surface area is 109 Å². The average molecular weight is 279 g/mol. The maximum atomic E-state index is 12.4. The van der Waals surface area contributed by atoms with E-state index in [1.807, 2.05) is 0 Å². The van der Waals surface area contributed by atoms with E-state index in [4.69, 9.17) is 11.6 Å². The Morgan fingerprint density at radius 2 is 2.00 bits per heavy atom. The van der Waals surface area contributed by atoms with Crippen LogP contribution < -0.4 is 4.74 Å². The summed E-state index contributed by atoms with van der Waals surface area (Å²) in [5, 5.41) is 0. The maximum Gasteiger partial charge on any atom is 0.387 e. The van der Waals surface area contributed by atoms with Gasteiger partial charge >= 0.3 is 12.6 Å². The van der Waals surface area contributed by atoms with Gasteiger partial charge < -0.3 is 9.47 Å². The number of hydrogen-bond donors (Lipinski definition) is 0. The Morgan fingerprint density at radius 1 is 1.39 bits per heavy atom. The van der Waals surface area contributed by atoms with Gasteiger partial charge in [-0.3, -0.25) is 4.79 Å². The van der Waals surface area contributed by atoms with E-state index in [1.54, 1.807) is 19.1 Å². The number of hydrogen-bond acceptors (Lipinski definition) is 3. The van der Waals surface area contributed by atoms with E-state index < -0.39 is 12.6 Å². The first-order valence-electron chi connectivity index (χ1n) is 5.18. The molecule has 1 aromatic carbocycles. The Morgan fingerprint density at radius 3 is 2.50 bits per heavy atom. The lowest BCUT2D eigenvalue weighted by Gasteiger charge is -2.14. The molecule has 0 unspecified atom stereocenters. The Kier molecular flexibility index (Phi) is 5.34. The van der Waals surface area contributed by atoms with E-state index in [0.29, 0.717) is 11.1 Å². The standard InChI is InChI=1S/C12H13ClF2O3/c1-7-3-8(5-10(16)17-2)11(18-12(14)15)9(4-7)6-13/h3-4,12H,5-6H2,1-2H3. The fourth-order valence-corrected chi connectivity index (χ4v) is 1.83. The highest BCUT2D eigenvalue weighted by Crippen LogP contribution is 2.29. The predicted molar refractivity (Wildman–Crippen MR) is 63.1 cm³/mol. The molecule has 0 atom stereocenters. The van der Waals surface area contributed by atoms with Gasteiger partial charge in [-0.25, -0.2) is 0 Å². The highest BCUT2D eigenvalue weighted by Gasteiger charge is 2.17. The van der Waals surface area contributed by atoms with Gasteiger partial charge in [0.1, 0.15) is 5.75 Å². The van der Waals surface area contributed by atoms with Crippen molar-refractivity contribution in [2.75, 3.05) is 7.11 Å². The summed E-state index contributed by atoms with van der Waals surface area (Å²) in [4.78, 5) is 11.2. The molecule has 1 rings (SSSR count). The van der Waals surface area contributed by atoms with Crippen molar-refractivity contribution in [1.82, 2.24) is 0 Å². The Hall–Kier alpha value is -1.36. The van der Waals surface area contributed by atoms with Crippen molar-refractivity contribution in [2.24, 2.45) is 0 Å².